The minimum Gasteiger partial charge on any atom is -0.467 e. The van der Waals surface area contributed by atoms with Crippen molar-refractivity contribution in [2.75, 3.05) is 12.4 Å². The fourth-order valence-corrected chi connectivity index (χ4v) is 2.20. The van der Waals surface area contributed by atoms with Gasteiger partial charge in [0.25, 0.3) is 0 Å². The van der Waals surface area contributed by atoms with Gasteiger partial charge in [-0.2, -0.15) is 0 Å². The van der Waals surface area contributed by atoms with Gasteiger partial charge in [0, 0.05) is 5.69 Å². The standard InChI is InChI=1S/C16H24N2O3/c1-10(2)6-14(15(19)21-5)18-16(20)17-13-8-11(3)7-12(4)9-13/h7-10,14H,6H2,1-5H3,(H2,17,18,20)/t14-/m0/s1. The predicted molar refractivity (Wildman–Crippen MR) is 83.3 cm³/mol. The van der Waals surface area contributed by atoms with Crippen LogP contribution in [0.4, 0.5) is 10.5 Å². The Hall–Kier alpha value is -2.04. The number of hydrogen-bond donors (Lipinski definition) is 2. The number of aryl methyl sites for hydroxylation is 2. The van der Waals surface area contributed by atoms with Gasteiger partial charge in [0.15, 0.2) is 0 Å². The first-order chi connectivity index (χ1) is 9.81. The van der Waals surface area contributed by atoms with Crippen LogP contribution in [0.15, 0.2) is 18.2 Å². The van der Waals surface area contributed by atoms with E-state index in [2.05, 4.69) is 10.6 Å². The number of hydrogen-bond acceptors (Lipinski definition) is 3. The monoisotopic (exact) mass is 292 g/mol. The smallest absolute Gasteiger partial charge is 0.328 e. The number of benzene rings is 1. The Kier molecular flexibility index (Phi) is 6.21. The zero-order valence-corrected chi connectivity index (χ0v) is 13.3. The number of urea groups is 1. The van der Waals surface area contributed by atoms with Crippen LogP contribution >= 0.6 is 0 Å². The maximum Gasteiger partial charge on any atom is 0.328 e. The van der Waals surface area contributed by atoms with Gasteiger partial charge in [0.1, 0.15) is 6.04 Å². The molecule has 0 heterocycles. The van der Waals surface area contributed by atoms with Gasteiger partial charge in [0.2, 0.25) is 0 Å². The van der Waals surface area contributed by atoms with Gasteiger partial charge in [-0.3, -0.25) is 0 Å². The highest BCUT2D eigenvalue weighted by molar-refractivity contribution is 5.92. The maximum atomic E-state index is 12.0. The fraction of sp³-hybridized carbons (Fsp3) is 0.500. The topological polar surface area (TPSA) is 67.4 Å². The van der Waals surface area contributed by atoms with Crippen molar-refractivity contribution in [2.24, 2.45) is 5.92 Å². The highest BCUT2D eigenvalue weighted by Gasteiger charge is 2.22. The minimum absolute atomic E-state index is 0.274. The van der Waals surface area contributed by atoms with Crippen LogP contribution in [0.1, 0.15) is 31.4 Å². The molecule has 116 valence electrons. The van der Waals surface area contributed by atoms with E-state index in [1.54, 1.807) is 0 Å². The number of methoxy groups -OCH3 is 1. The summed E-state index contributed by atoms with van der Waals surface area (Å²) in [5.74, 6) is -0.158. The lowest BCUT2D eigenvalue weighted by molar-refractivity contribution is -0.143. The summed E-state index contributed by atoms with van der Waals surface area (Å²) >= 11 is 0. The molecular weight excluding hydrogens is 268 g/mol. The van der Waals surface area contributed by atoms with E-state index in [4.69, 9.17) is 4.74 Å². The molecule has 0 aliphatic carbocycles. The zero-order chi connectivity index (χ0) is 16.0. The van der Waals surface area contributed by atoms with E-state index >= 15 is 0 Å². The lowest BCUT2D eigenvalue weighted by atomic mass is 10.0. The molecule has 5 nitrogen and oxygen atoms in total. The highest BCUT2D eigenvalue weighted by atomic mass is 16.5. The molecule has 0 aliphatic heterocycles. The molecule has 1 aromatic carbocycles. The van der Waals surface area contributed by atoms with Crippen molar-refractivity contribution in [2.45, 2.75) is 40.2 Å². The Morgan fingerprint density at radius 3 is 2.19 bits per heavy atom. The number of carbonyl (C=O) groups is 2. The number of nitrogens with one attached hydrogen (secondary N) is 2. The Morgan fingerprint density at radius 1 is 1.14 bits per heavy atom. The Morgan fingerprint density at radius 2 is 1.71 bits per heavy atom. The van der Waals surface area contributed by atoms with Crippen molar-refractivity contribution in [3.8, 4) is 0 Å². The summed E-state index contributed by atoms with van der Waals surface area (Å²) in [6.45, 7) is 7.90. The van der Waals surface area contributed by atoms with Gasteiger partial charge < -0.3 is 15.4 Å². The van der Waals surface area contributed by atoms with Crippen LogP contribution < -0.4 is 10.6 Å². The van der Waals surface area contributed by atoms with Crippen LogP contribution in [0, 0.1) is 19.8 Å². The Labute approximate surface area is 126 Å². The third-order valence-electron chi connectivity index (χ3n) is 2.98. The van der Waals surface area contributed by atoms with Crippen LogP contribution in [-0.4, -0.2) is 25.2 Å². The molecule has 0 saturated carbocycles. The molecule has 0 spiro atoms. The van der Waals surface area contributed by atoms with Crippen molar-refractivity contribution in [1.82, 2.24) is 5.32 Å². The van der Waals surface area contributed by atoms with E-state index in [-0.39, 0.29) is 5.92 Å². The quantitative estimate of drug-likeness (QED) is 0.820. The van der Waals surface area contributed by atoms with E-state index in [1.165, 1.54) is 7.11 Å². The third-order valence-corrected chi connectivity index (χ3v) is 2.98. The van der Waals surface area contributed by atoms with Crippen LogP contribution in [0.25, 0.3) is 0 Å². The molecule has 0 radical (unpaired) electrons. The molecule has 5 heteroatoms. The van der Waals surface area contributed by atoms with E-state index in [0.717, 1.165) is 11.1 Å². The van der Waals surface area contributed by atoms with Gasteiger partial charge in [-0.15, -0.1) is 0 Å². The SMILES string of the molecule is COC(=O)[C@H](CC(C)C)NC(=O)Nc1cc(C)cc(C)c1. The Bertz CT molecular complexity index is 492. The molecule has 2 amide bonds. The second-order valence-corrected chi connectivity index (χ2v) is 5.68. The van der Waals surface area contributed by atoms with Gasteiger partial charge in [-0.05, 0) is 49.4 Å². The molecule has 0 bridgehead atoms. The van der Waals surface area contributed by atoms with E-state index in [1.807, 2.05) is 45.9 Å². The highest BCUT2D eigenvalue weighted by Crippen LogP contribution is 2.14. The molecule has 1 atom stereocenters. The van der Waals surface area contributed by atoms with Gasteiger partial charge in [-0.25, -0.2) is 9.59 Å². The maximum absolute atomic E-state index is 12.0. The van der Waals surface area contributed by atoms with Gasteiger partial charge >= 0.3 is 12.0 Å². The van der Waals surface area contributed by atoms with Crippen molar-refractivity contribution in [3.63, 3.8) is 0 Å². The van der Waals surface area contributed by atoms with Crippen LogP contribution in [0.5, 0.6) is 0 Å². The average Bonchev–Trinajstić information content (AvgIpc) is 2.34. The largest absolute Gasteiger partial charge is 0.467 e. The first-order valence-electron chi connectivity index (χ1n) is 7.05. The molecular formula is C16H24N2O3. The first kappa shape index (κ1) is 17.0. The molecule has 1 aromatic rings. The number of ether oxygens (including phenoxy) is 1. The van der Waals surface area contributed by atoms with E-state index < -0.39 is 18.0 Å². The van der Waals surface area contributed by atoms with Crippen LogP contribution in [0.2, 0.25) is 0 Å². The number of carbonyl (C=O) groups excluding carboxylic acids is 2. The molecule has 21 heavy (non-hydrogen) atoms. The number of anilines is 1. The number of amides is 2. The first-order valence-corrected chi connectivity index (χ1v) is 7.05. The summed E-state index contributed by atoms with van der Waals surface area (Å²) in [4.78, 5) is 23.7. The van der Waals surface area contributed by atoms with Crippen molar-refractivity contribution in [3.05, 3.63) is 29.3 Å². The summed E-state index contributed by atoms with van der Waals surface area (Å²) in [6.07, 6.45) is 0.535. The average molecular weight is 292 g/mol. The van der Waals surface area contributed by atoms with Crippen LogP contribution in [-0.2, 0) is 9.53 Å². The van der Waals surface area contributed by atoms with E-state index in [0.29, 0.717) is 12.1 Å². The van der Waals surface area contributed by atoms with Crippen molar-refractivity contribution >= 4 is 17.7 Å². The molecule has 0 unspecified atom stereocenters. The number of rotatable bonds is 5. The third kappa shape index (κ3) is 5.85. The molecule has 0 saturated heterocycles. The second-order valence-electron chi connectivity index (χ2n) is 5.68. The fourth-order valence-electron chi connectivity index (χ4n) is 2.20. The predicted octanol–water partition coefficient (Wildman–Crippen LogP) is 3.01. The summed E-state index contributed by atoms with van der Waals surface area (Å²) in [7, 11) is 1.32. The molecule has 1 rings (SSSR count). The lowest BCUT2D eigenvalue weighted by Crippen LogP contribution is -2.44. The zero-order valence-electron chi connectivity index (χ0n) is 13.3. The van der Waals surface area contributed by atoms with Crippen LogP contribution in [0.3, 0.4) is 0 Å². The molecule has 0 aliphatic rings. The molecule has 0 aromatic heterocycles. The van der Waals surface area contributed by atoms with Crippen molar-refractivity contribution in [1.29, 1.82) is 0 Å². The van der Waals surface area contributed by atoms with Gasteiger partial charge in [-0.1, -0.05) is 19.9 Å². The summed E-state index contributed by atoms with van der Waals surface area (Å²) in [5.41, 5.74) is 2.84. The lowest BCUT2D eigenvalue weighted by Gasteiger charge is -2.18. The summed E-state index contributed by atoms with van der Waals surface area (Å²) < 4.78 is 4.72. The summed E-state index contributed by atoms with van der Waals surface area (Å²) in [6, 6.07) is 4.74. The number of esters is 1. The van der Waals surface area contributed by atoms with E-state index in [9.17, 15) is 9.59 Å². The van der Waals surface area contributed by atoms with Crippen molar-refractivity contribution < 1.29 is 14.3 Å². The minimum atomic E-state index is -0.638. The normalized spacial score (nSPS) is 11.9. The molecule has 2 N–H and O–H groups in total. The Balaban J connectivity index is 2.71. The second kappa shape index (κ2) is 7.67. The molecule has 0 fully saturated rings. The summed E-state index contributed by atoms with van der Waals surface area (Å²) in [5, 5.41) is 5.41. The van der Waals surface area contributed by atoms with Gasteiger partial charge in [0.05, 0.1) is 7.11 Å².